The first kappa shape index (κ1) is 14.4. The van der Waals surface area contributed by atoms with E-state index in [2.05, 4.69) is 15.0 Å². The van der Waals surface area contributed by atoms with Crippen LogP contribution in [0.5, 0.6) is 0 Å². The zero-order chi connectivity index (χ0) is 12.9. The van der Waals surface area contributed by atoms with E-state index < -0.39 is 6.36 Å². The Balaban J connectivity index is 2.27. The number of nitrogens with one attached hydrogen (secondary N) is 1. The molecule has 1 rings (SSSR count). The molecule has 1 N–H and O–H groups in total. The molecule has 0 amide bonds. The van der Waals surface area contributed by atoms with E-state index in [9.17, 15) is 13.2 Å². The SMILES string of the molecule is CCc1cnc(C(C)NCCOC(F)(F)F)s1. The summed E-state index contributed by atoms with van der Waals surface area (Å²) in [7, 11) is 0. The summed E-state index contributed by atoms with van der Waals surface area (Å²) in [6.07, 6.45) is -1.84. The lowest BCUT2D eigenvalue weighted by molar-refractivity contribution is -0.323. The van der Waals surface area contributed by atoms with E-state index in [1.807, 2.05) is 13.8 Å². The summed E-state index contributed by atoms with van der Waals surface area (Å²) in [4.78, 5) is 5.37. The Morgan fingerprint density at radius 1 is 1.53 bits per heavy atom. The molecule has 0 bridgehead atoms. The monoisotopic (exact) mass is 268 g/mol. The zero-order valence-electron chi connectivity index (χ0n) is 9.67. The molecule has 1 aromatic rings. The Kier molecular flexibility index (Phi) is 5.35. The van der Waals surface area contributed by atoms with E-state index >= 15 is 0 Å². The Morgan fingerprint density at radius 3 is 2.76 bits per heavy atom. The summed E-state index contributed by atoms with van der Waals surface area (Å²) in [5, 5.41) is 3.82. The second-order valence-electron chi connectivity index (χ2n) is 3.49. The van der Waals surface area contributed by atoms with Crippen LogP contribution in [0.4, 0.5) is 13.2 Å². The van der Waals surface area contributed by atoms with Crippen molar-refractivity contribution in [2.45, 2.75) is 32.7 Å². The van der Waals surface area contributed by atoms with E-state index in [0.717, 1.165) is 11.4 Å². The molecule has 0 saturated heterocycles. The number of ether oxygens (including phenoxy) is 1. The number of hydrogen-bond acceptors (Lipinski definition) is 4. The summed E-state index contributed by atoms with van der Waals surface area (Å²) >= 11 is 1.57. The van der Waals surface area contributed by atoms with Crippen LogP contribution in [0, 0.1) is 0 Å². The molecule has 0 aliphatic rings. The van der Waals surface area contributed by atoms with Crippen LogP contribution in [-0.2, 0) is 11.2 Å². The van der Waals surface area contributed by atoms with Gasteiger partial charge in [0.25, 0.3) is 0 Å². The minimum atomic E-state index is -4.55. The third-order valence-electron chi connectivity index (χ3n) is 2.11. The van der Waals surface area contributed by atoms with Gasteiger partial charge >= 0.3 is 6.36 Å². The summed E-state index contributed by atoms with van der Waals surface area (Å²) in [6, 6.07) is -0.0582. The average molecular weight is 268 g/mol. The maximum atomic E-state index is 11.7. The first-order valence-electron chi connectivity index (χ1n) is 5.31. The molecule has 0 saturated carbocycles. The lowest BCUT2D eigenvalue weighted by Crippen LogP contribution is -2.26. The predicted molar refractivity (Wildman–Crippen MR) is 59.9 cm³/mol. The normalized spacial score (nSPS) is 13.9. The van der Waals surface area contributed by atoms with E-state index in [0.29, 0.717) is 0 Å². The molecular formula is C10H15F3N2OS. The van der Waals surface area contributed by atoms with Gasteiger partial charge in [0.2, 0.25) is 0 Å². The Hall–Kier alpha value is -0.660. The molecule has 1 unspecified atom stereocenters. The van der Waals surface area contributed by atoms with Crippen LogP contribution in [0.3, 0.4) is 0 Å². The van der Waals surface area contributed by atoms with Gasteiger partial charge in [0.1, 0.15) is 5.01 Å². The molecule has 0 fully saturated rings. The highest BCUT2D eigenvalue weighted by Crippen LogP contribution is 2.20. The number of alkyl halides is 3. The van der Waals surface area contributed by atoms with Crippen LogP contribution in [0.15, 0.2) is 6.20 Å². The van der Waals surface area contributed by atoms with Crippen LogP contribution >= 0.6 is 11.3 Å². The maximum absolute atomic E-state index is 11.7. The van der Waals surface area contributed by atoms with Gasteiger partial charge in [-0.05, 0) is 13.3 Å². The standard InChI is InChI=1S/C10H15F3N2OS/c1-3-8-6-15-9(17-8)7(2)14-4-5-16-10(11,12)13/h6-7,14H,3-5H2,1-2H3. The van der Waals surface area contributed by atoms with Crippen molar-refractivity contribution in [3.8, 4) is 0 Å². The molecule has 7 heteroatoms. The summed E-state index contributed by atoms with van der Waals surface area (Å²) in [5.74, 6) is 0. The molecule has 1 atom stereocenters. The molecule has 0 aliphatic heterocycles. The van der Waals surface area contributed by atoms with Gasteiger partial charge in [0, 0.05) is 17.6 Å². The molecular weight excluding hydrogens is 253 g/mol. The highest BCUT2D eigenvalue weighted by Gasteiger charge is 2.28. The number of thiazole rings is 1. The van der Waals surface area contributed by atoms with Gasteiger partial charge in [-0.15, -0.1) is 24.5 Å². The summed E-state index contributed by atoms with van der Waals surface area (Å²) < 4.78 is 38.7. The second-order valence-corrected chi connectivity index (χ2v) is 4.64. The van der Waals surface area contributed by atoms with Crippen molar-refractivity contribution in [2.24, 2.45) is 0 Å². The number of aromatic nitrogens is 1. The van der Waals surface area contributed by atoms with E-state index in [1.54, 1.807) is 17.5 Å². The van der Waals surface area contributed by atoms with Gasteiger partial charge in [-0.2, -0.15) is 0 Å². The smallest absolute Gasteiger partial charge is 0.306 e. The first-order valence-corrected chi connectivity index (χ1v) is 6.12. The lowest BCUT2D eigenvalue weighted by Gasteiger charge is -2.12. The van der Waals surface area contributed by atoms with Crippen LogP contribution in [-0.4, -0.2) is 24.5 Å². The molecule has 0 radical (unpaired) electrons. The predicted octanol–water partition coefficient (Wildman–Crippen LogP) is 2.89. The highest BCUT2D eigenvalue weighted by atomic mass is 32.1. The minimum Gasteiger partial charge on any atom is -0.306 e. The van der Waals surface area contributed by atoms with Crippen molar-refractivity contribution in [1.82, 2.24) is 10.3 Å². The third-order valence-corrected chi connectivity index (χ3v) is 3.43. The van der Waals surface area contributed by atoms with Crippen LogP contribution in [0.1, 0.15) is 29.8 Å². The number of hydrogen-bond donors (Lipinski definition) is 1. The van der Waals surface area contributed by atoms with Gasteiger partial charge in [-0.25, -0.2) is 4.98 Å². The molecule has 98 valence electrons. The van der Waals surface area contributed by atoms with Gasteiger partial charge < -0.3 is 5.32 Å². The van der Waals surface area contributed by atoms with Gasteiger partial charge in [0.15, 0.2) is 0 Å². The van der Waals surface area contributed by atoms with E-state index in [-0.39, 0.29) is 19.2 Å². The average Bonchev–Trinajstić information content (AvgIpc) is 2.71. The Bertz CT molecular complexity index is 341. The molecule has 0 aromatic carbocycles. The van der Waals surface area contributed by atoms with Gasteiger partial charge in [-0.3, -0.25) is 4.74 Å². The maximum Gasteiger partial charge on any atom is 0.522 e. The van der Waals surface area contributed by atoms with Gasteiger partial charge in [0.05, 0.1) is 12.6 Å². The number of halogens is 3. The fourth-order valence-electron chi connectivity index (χ4n) is 1.22. The topological polar surface area (TPSA) is 34.2 Å². The molecule has 3 nitrogen and oxygen atoms in total. The van der Waals surface area contributed by atoms with Crippen molar-refractivity contribution in [2.75, 3.05) is 13.2 Å². The van der Waals surface area contributed by atoms with Crippen molar-refractivity contribution in [3.05, 3.63) is 16.1 Å². The second kappa shape index (κ2) is 6.32. The van der Waals surface area contributed by atoms with E-state index in [1.165, 1.54) is 4.88 Å². The van der Waals surface area contributed by atoms with E-state index in [4.69, 9.17) is 0 Å². The van der Waals surface area contributed by atoms with Gasteiger partial charge in [-0.1, -0.05) is 6.92 Å². The Labute approximate surface area is 102 Å². The fourth-order valence-corrected chi connectivity index (χ4v) is 2.10. The first-order chi connectivity index (χ1) is 7.92. The van der Waals surface area contributed by atoms with Crippen LogP contribution < -0.4 is 5.32 Å². The minimum absolute atomic E-state index is 0.0582. The quantitative estimate of drug-likeness (QED) is 0.805. The molecule has 0 spiro atoms. The third kappa shape index (κ3) is 5.47. The number of aryl methyl sites for hydroxylation is 1. The molecule has 0 aliphatic carbocycles. The summed E-state index contributed by atoms with van der Waals surface area (Å²) in [5.41, 5.74) is 0. The number of nitrogens with zero attached hydrogens (tertiary/aromatic N) is 1. The van der Waals surface area contributed by atoms with Crippen LogP contribution in [0.2, 0.25) is 0 Å². The Morgan fingerprint density at radius 2 is 2.24 bits per heavy atom. The van der Waals surface area contributed by atoms with Crippen LogP contribution in [0.25, 0.3) is 0 Å². The molecule has 1 heterocycles. The molecule has 17 heavy (non-hydrogen) atoms. The highest BCUT2D eigenvalue weighted by molar-refractivity contribution is 7.11. The van der Waals surface area contributed by atoms with Crippen molar-refractivity contribution >= 4 is 11.3 Å². The van der Waals surface area contributed by atoms with Crippen molar-refractivity contribution in [3.63, 3.8) is 0 Å². The zero-order valence-corrected chi connectivity index (χ0v) is 10.5. The van der Waals surface area contributed by atoms with Crippen molar-refractivity contribution in [1.29, 1.82) is 0 Å². The van der Waals surface area contributed by atoms with Crippen molar-refractivity contribution < 1.29 is 17.9 Å². The number of rotatable bonds is 6. The fraction of sp³-hybridized carbons (Fsp3) is 0.700. The summed E-state index contributed by atoms with van der Waals surface area (Å²) in [6.45, 7) is 3.65. The molecule has 1 aromatic heterocycles. The largest absolute Gasteiger partial charge is 0.522 e. The lowest BCUT2D eigenvalue weighted by atomic mass is 10.3.